The maximum Gasteiger partial charge on any atom is 0.263 e. The van der Waals surface area contributed by atoms with Crippen molar-refractivity contribution in [2.45, 2.75) is 24.1 Å². The zero-order chi connectivity index (χ0) is 18.8. The zero-order valence-corrected chi connectivity index (χ0v) is 17.2. The lowest BCUT2D eigenvalue weighted by Gasteiger charge is -2.11. The number of ether oxygens (including phenoxy) is 1. The second kappa shape index (κ2) is 8.14. The van der Waals surface area contributed by atoms with Crippen molar-refractivity contribution in [3.05, 3.63) is 33.2 Å². The number of thioether (sulfide) groups is 1. The molecule has 1 fully saturated rings. The summed E-state index contributed by atoms with van der Waals surface area (Å²) < 4.78 is 7.04. The summed E-state index contributed by atoms with van der Waals surface area (Å²) in [5.74, 6) is 0.150. The largest absolute Gasteiger partial charge is 0.376 e. The molecule has 3 aromatic heterocycles. The van der Waals surface area contributed by atoms with E-state index in [0.717, 1.165) is 29.9 Å². The van der Waals surface area contributed by atoms with E-state index in [2.05, 4.69) is 10.3 Å². The van der Waals surface area contributed by atoms with Gasteiger partial charge in [0.15, 0.2) is 5.16 Å². The zero-order valence-electron chi connectivity index (χ0n) is 14.8. The normalized spacial score (nSPS) is 16.9. The van der Waals surface area contributed by atoms with Crippen LogP contribution in [0, 0.1) is 0 Å². The number of aromatic nitrogens is 2. The number of carbonyl (C=O) groups is 1. The lowest BCUT2D eigenvalue weighted by molar-refractivity contribution is -0.119. The molecule has 1 N–H and O–H groups in total. The third-order valence-electron chi connectivity index (χ3n) is 4.44. The predicted octanol–water partition coefficient (Wildman–Crippen LogP) is 3.11. The highest BCUT2D eigenvalue weighted by Gasteiger charge is 2.18. The molecule has 0 aliphatic carbocycles. The van der Waals surface area contributed by atoms with Crippen molar-refractivity contribution in [2.24, 2.45) is 7.05 Å². The number of nitrogens with one attached hydrogen (secondary N) is 1. The number of carbonyl (C=O) groups excluding carboxylic acids is 1. The summed E-state index contributed by atoms with van der Waals surface area (Å²) in [5, 5.41) is 8.07. The molecule has 1 amide bonds. The van der Waals surface area contributed by atoms with Crippen molar-refractivity contribution in [3.63, 3.8) is 0 Å². The van der Waals surface area contributed by atoms with Crippen LogP contribution in [-0.2, 0) is 16.6 Å². The molecule has 6 nitrogen and oxygen atoms in total. The summed E-state index contributed by atoms with van der Waals surface area (Å²) in [5.41, 5.74) is 0.857. The van der Waals surface area contributed by atoms with Gasteiger partial charge in [0.1, 0.15) is 4.83 Å². The molecule has 1 saturated heterocycles. The number of thiophene rings is 2. The number of hydrogen-bond acceptors (Lipinski definition) is 7. The van der Waals surface area contributed by atoms with Crippen LogP contribution >= 0.6 is 34.4 Å². The van der Waals surface area contributed by atoms with Crippen LogP contribution in [0.4, 0.5) is 0 Å². The average Bonchev–Trinajstić information content (AvgIpc) is 3.42. The van der Waals surface area contributed by atoms with Crippen molar-refractivity contribution in [1.29, 1.82) is 0 Å². The minimum Gasteiger partial charge on any atom is -0.376 e. The smallest absolute Gasteiger partial charge is 0.263 e. The van der Waals surface area contributed by atoms with Crippen LogP contribution < -0.4 is 10.9 Å². The Balaban J connectivity index is 1.48. The minimum atomic E-state index is -0.0769. The van der Waals surface area contributed by atoms with Gasteiger partial charge in [-0.15, -0.1) is 22.7 Å². The number of fused-ring (bicyclic) bond motifs is 1. The Kier molecular flexibility index (Phi) is 5.63. The molecule has 9 heteroatoms. The first-order valence-electron chi connectivity index (χ1n) is 8.66. The van der Waals surface area contributed by atoms with E-state index in [9.17, 15) is 9.59 Å². The molecule has 0 spiro atoms. The topological polar surface area (TPSA) is 73.2 Å². The Hall–Kier alpha value is -1.68. The van der Waals surface area contributed by atoms with E-state index in [1.54, 1.807) is 18.4 Å². The van der Waals surface area contributed by atoms with Gasteiger partial charge in [0, 0.05) is 36.0 Å². The molecule has 0 aromatic carbocycles. The van der Waals surface area contributed by atoms with Crippen molar-refractivity contribution >= 4 is 50.6 Å². The summed E-state index contributed by atoms with van der Waals surface area (Å²) in [6, 6.07) is 3.98. The van der Waals surface area contributed by atoms with E-state index < -0.39 is 0 Å². The van der Waals surface area contributed by atoms with Gasteiger partial charge in [0.2, 0.25) is 5.91 Å². The minimum absolute atomic E-state index is 0.0738. The second-order valence-electron chi connectivity index (χ2n) is 6.29. The molecule has 1 aliphatic rings. The van der Waals surface area contributed by atoms with Gasteiger partial charge in [-0.05, 0) is 24.3 Å². The molecule has 4 heterocycles. The first kappa shape index (κ1) is 18.7. The monoisotopic (exact) mass is 421 g/mol. The molecule has 27 heavy (non-hydrogen) atoms. The van der Waals surface area contributed by atoms with Crippen molar-refractivity contribution in [2.75, 3.05) is 18.9 Å². The molecular formula is C18H19N3O3S3. The van der Waals surface area contributed by atoms with Crippen LogP contribution in [0.15, 0.2) is 32.8 Å². The van der Waals surface area contributed by atoms with E-state index in [1.165, 1.54) is 27.7 Å². The highest BCUT2D eigenvalue weighted by molar-refractivity contribution is 7.99. The molecule has 0 radical (unpaired) electrons. The van der Waals surface area contributed by atoms with E-state index in [1.807, 2.05) is 22.9 Å². The highest BCUT2D eigenvalue weighted by atomic mass is 32.2. The van der Waals surface area contributed by atoms with Crippen LogP contribution in [0.5, 0.6) is 0 Å². The Morgan fingerprint density at radius 1 is 1.48 bits per heavy atom. The maximum absolute atomic E-state index is 12.9. The highest BCUT2D eigenvalue weighted by Crippen LogP contribution is 2.34. The Morgan fingerprint density at radius 3 is 3.11 bits per heavy atom. The average molecular weight is 422 g/mol. The first-order valence-corrected chi connectivity index (χ1v) is 11.4. The fourth-order valence-corrected chi connectivity index (χ4v) is 5.61. The fourth-order valence-electron chi connectivity index (χ4n) is 3.01. The standard InChI is InChI=1S/C18H19N3O3S3/c1-21-17(23)15-12(13-5-3-7-25-13)9-26-16(15)20-18(21)27-10-14(22)19-8-11-4-2-6-24-11/h3,5,7,9,11H,2,4,6,8,10H2,1H3,(H,19,22)/t11-/m0/s1. The molecule has 1 aliphatic heterocycles. The Morgan fingerprint density at radius 2 is 2.37 bits per heavy atom. The van der Waals surface area contributed by atoms with E-state index in [4.69, 9.17) is 4.74 Å². The van der Waals surface area contributed by atoms with Gasteiger partial charge >= 0.3 is 0 Å². The van der Waals surface area contributed by atoms with Crippen LogP contribution in [-0.4, -0.2) is 40.5 Å². The number of amides is 1. The quantitative estimate of drug-likeness (QED) is 0.489. The third kappa shape index (κ3) is 3.96. The summed E-state index contributed by atoms with van der Waals surface area (Å²) in [4.78, 5) is 31.4. The summed E-state index contributed by atoms with van der Waals surface area (Å²) in [6.45, 7) is 1.31. The number of rotatable bonds is 6. The third-order valence-corrected chi connectivity index (χ3v) is 7.25. The number of hydrogen-bond donors (Lipinski definition) is 1. The second-order valence-corrected chi connectivity index (χ2v) is 9.04. The summed E-state index contributed by atoms with van der Waals surface area (Å²) in [6.07, 6.45) is 2.17. The van der Waals surface area contributed by atoms with E-state index >= 15 is 0 Å². The van der Waals surface area contributed by atoms with Crippen LogP contribution in [0.3, 0.4) is 0 Å². The van der Waals surface area contributed by atoms with Gasteiger partial charge < -0.3 is 10.1 Å². The van der Waals surface area contributed by atoms with Gasteiger partial charge in [-0.25, -0.2) is 4.98 Å². The molecule has 142 valence electrons. The predicted molar refractivity (Wildman–Crippen MR) is 111 cm³/mol. The molecule has 0 bridgehead atoms. The molecule has 0 saturated carbocycles. The number of nitrogens with zero attached hydrogens (tertiary/aromatic N) is 2. The van der Waals surface area contributed by atoms with Crippen LogP contribution in [0.2, 0.25) is 0 Å². The summed E-state index contributed by atoms with van der Waals surface area (Å²) >= 11 is 4.35. The Bertz CT molecular complexity index is 1000. The van der Waals surface area contributed by atoms with Crippen LogP contribution in [0.25, 0.3) is 20.7 Å². The lowest BCUT2D eigenvalue weighted by atomic mass is 10.2. The van der Waals surface area contributed by atoms with Gasteiger partial charge in [-0.3, -0.25) is 14.2 Å². The van der Waals surface area contributed by atoms with Crippen molar-refractivity contribution < 1.29 is 9.53 Å². The fraction of sp³-hybridized carbons (Fsp3) is 0.389. The molecule has 4 rings (SSSR count). The van der Waals surface area contributed by atoms with Gasteiger partial charge in [-0.1, -0.05) is 17.8 Å². The van der Waals surface area contributed by atoms with Crippen molar-refractivity contribution in [1.82, 2.24) is 14.9 Å². The van der Waals surface area contributed by atoms with Crippen molar-refractivity contribution in [3.8, 4) is 10.4 Å². The van der Waals surface area contributed by atoms with E-state index in [0.29, 0.717) is 21.9 Å². The van der Waals surface area contributed by atoms with Gasteiger partial charge in [-0.2, -0.15) is 0 Å². The molecule has 1 atom stereocenters. The van der Waals surface area contributed by atoms with Gasteiger partial charge in [0.05, 0.1) is 17.2 Å². The Labute approximate surface area is 168 Å². The lowest BCUT2D eigenvalue weighted by Crippen LogP contribution is -2.33. The molecular weight excluding hydrogens is 402 g/mol. The first-order chi connectivity index (χ1) is 13.1. The van der Waals surface area contributed by atoms with Gasteiger partial charge in [0.25, 0.3) is 5.56 Å². The molecule has 3 aromatic rings. The maximum atomic E-state index is 12.9. The molecule has 0 unspecified atom stereocenters. The van der Waals surface area contributed by atoms with Crippen LogP contribution in [0.1, 0.15) is 12.8 Å². The summed E-state index contributed by atoms with van der Waals surface area (Å²) in [7, 11) is 1.71. The SMILES string of the molecule is Cn1c(SCC(=O)NC[C@@H]2CCCO2)nc2scc(-c3cccs3)c2c1=O. The van der Waals surface area contributed by atoms with E-state index in [-0.39, 0.29) is 23.3 Å².